The number of ether oxygens (including phenoxy) is 1. The van der Waals surface area contributed by atoms with Crippen molar-refractivity contribution in [1.82, 2.24) is 5.32 Å². The maximum absolute atomic E-state index is 5.83. The molecule has 0 aliphatic heterocycles. The van der Waals surface area contributed by atoms with Crippen LogP contribution in [0.25, 0.3) is 0 Å². The van der Waals surface area contributed by atoms with Crippen LogP contribution in [0.1, 0.15) is 22.3 Å². The highest BCUT2D eigenvalue weighted by molar-refractivity contribution is 5.28. The molecule has 0 aliphatic rings. The normalized spacial score (nSPS) is 10.6. The topological polar surface area (TPSA) is 21.3 Å². The van der Waals surface area contributed by atoms with Crippen LogP contribution in [0.4, 0.5) is 0 Å². The quantitative estimate of drug-likeness (QED) is 0.633. The van der Waals surface area contributed by atoms with Crippen molar-refractivity contribution in [2.24, 2.45) is 0 Å². The van der Waals surface area contributed by atoms with Crippen LogP contribution in [-0.2, 0) is 19.5 Å². The average Bonchev–Trinajstić information content (AvgIpc) is 2.64. The molecule has 2 nitrogen and oxygen atoms in total. The number of benzene rings is 3. The Labute approximate surface area is 150 Å². The van der Waals surface area contributed by atoms with Crippen molar-refractivity contribution in [1.29, 1.82) is 0 Å². The number of rotatable bonds is 8. The highest BCUT2D eigenvalue weighted by Gasteiger charge is 1.98. The van der Waals surface area contributed by atoms with Crippen LogP contribution in [0.3, 0.4) is 0 Å². The van der Waals surface area contributed by atoms with Crippen LogP contribution < -0.4 is 10.1 Å². The molecular weight excluding hydrogens is 306 g/mol. The van der Waals surface area contributed by atoms with Gasteiger partial charge in [0.1, 0.15) is 5.75 Å². The van der Waals surface area contributed by atoms with Gasteiger partial charge < -0.3 is 10.1 Å². The second kappa shape index (κ2) is 9.05. The highest BCUT2D eigenvalue weighted by Crippen LogP contribution is 2.13. The second-order valence-corrected chi connectivity index (χ2v) is 6.32. The van der Waals surface area contributed by atoms with Crippen molar-refractivity contribution < 1.29 is 4.74 Å². The predicted molar refractivity (Wildman–Crippen MR) is 104 cm³/mol. The van der Waals surface area contributed by atoms with Gasteiger partial charge in [0.05, 0.1) is 6.61 Å². The number of hydrogen-bond donors (Lipinski definition) is 1. The molecule has 3 aromatic carbocycles. The first-order valence-electron chi connectivity index (χ1n) is 8.81. The molecule has 2 heteroatoms. The minimum absolute atomic E-state index is 0.703. The van der Waals surface area contributed by atoms with Gasteiger partial charge in [-0.3, -0.25) is 0 Å². The Morgan fingerprint density at radius 1 is 0.720 bits per heavy atom. The molecule has 0 saturated heterocycles. The Morgan fingerprint density at radius 3 is 2.20 bits per heavy atom. The second-order valence-electron chi connectivity index (χ2n) is 6.32. The standard InChI is InChI=1S/C23H25NO/c1-19-6-5-9-22(16-19)18-24-17-21-10-12-23(13-11-21)25-15-14-20-7-3-2-4-8-20/h2-13,16,24H,14-15,17-18H2,1H3. The molecule has 0 spiro atoms. The Hall–Kier alpha value is -2.58. The van der Waals surface area contributed by atoms with Crippen molar-refractivity contribution in [2.75, 3.05) is 6.61 Å². The van der Waals surface area contributed by atoms with Gasteiger partial charge in [0.2, 0.25) is 0 Å². The predicted octanol–water partition coefficient (Wildman–Crippen LogP) is 4.91. The van der Waals surface area contributed by atoms with E-state index in [1.807, 2.05) is 6.07 Å². The number of nitrogens with one attached hydrogen (secondary N) is 1. The van der Waals surface area contributed by atoms with E-state index >= 15 is 0 Å². The van der Waals surface area contributed by atoms with Crippen molar-refractivity contribution in [2.45, 2.75) is 26.4 Å². The minimum Gasteiger partial charge on any atom is -0.493 e. The van der Waals surface area contributed by atoms with Gasteiger partial charge in [0.15, 0.2) is 0 Å². The van der Waals surface area contributed by atoms with Crippen LogP contribution in [-0.4, -0.2) is 6.61 Å². The van der Waals surface area contributed by atoms with Crippen LogP contribution in [0, 0.1) is 6.92 Å². The fraction of sp³-hybridized carbons (Fsp3) is 0.217. The summed E-state index contributed by atoms with van der Waals surface area (Å²) in [6, 6.07) is 27.4. The Morgan fingerprint density at radius 2 is 1.44 bits per heavy atom. The summed E-state index contributed by atoms with van der Waals surface area (Å²) in [5.41, 5.74) is 5.19. The third-order valence-corrected chi connectivity index (χ3v) is 4.17. The third kappa shape index (κ3) is 5.77. The monoisotopic (exact) mass is 331 g/mol. The van der Waals surface area contributed by atoms with Gasteiger partial charge in [-0.2, -0.15) is 0 Å². The summed E-state index contributed by atoms with van der Waals surface area (Å²) in [6.07, 6.45) is 0.931. The molecule has 3 aromatic rings. The van der Waals surface area contributed by atoms with E-state index in [9.17, 15) is 0 Å². The molecular formula is C23H25NO. The van der Waals surface area contributed by atoms with E-state index in [-0.39, 0.29) is 0 Å². The Kier molecular flexibility index (Phi) is 6.24. The smallest absolute Gasteiger partial charge is 0.119 e. The van der Waals surface area contributed by atoms with E-state index in [4.69, 9.17) is 4.74 Å². The molecule has 0 amide bonds. The zero-order valence-corrected chi connectivity index (χ0v) is 14.7. The highest BCUT2D eigenvalue weighted by atomic mass is 16.5. The minimum atomic E-state index is 0.703. The Balaban J connectivity index is 1.41. The molecule has 3 rings (SSSR count). The van der Waals surface area contributed by atoms with E-state index in [0.717, 1.165) is 25.3 Å². The molecule has 1 N–H and O–H groups in total. The number of aryl methyl sites for hydroxylation is 1. The van der Waals surface area contributed by atoms with E-state index < -0.39 is 0 Å². The van der Waals surface area contributed by atoms with Crippen molar-refractivity contribution in [3.05, 3.63) is 101 Å². The van der Waals surface area contributed by atoms with E-state index in [1.54, 1.807) is 0 Å². The molecule has 0 saturated carbocycles. The third-order valence-electron chi connectivity index (χ3n) is 4.17. The molecule has 0 unspecified atom stereocenters. The Bertz CT molecular complexity index is 766. The fourth-order valence-corrected chi connectivity index (χ4v) is 2.81. The SMILES string of the molecule is Cc1cccc(CNCc2ccc(OCCc3ccccc3)cc2)c1. The lowest BCUT2D eigenvalue weighted by Crippen LogP contribution is -2.12. The molecule has 0 radical (unpaired) electrons. The molecule has 0 fully saturated rings. The fourth-order valence-electron chi connectivity index (χ4n) is 2.81. The van der Waals surface area contributed by atoms with Crippen LogP contribution in [0.15, 0.2) is 78.9 Å². The van der Waals surface area contributed by atoms with Crippen molar-refractivity contribution in [3.63, 3.8) is 0 Å². The van der Waals surface area contributed by atoms with Gasteiger partial charge in [-0.1, -0.05) is 72.3 Å². The first-order valence-corrected chi connectivity index (χ1v) is 8.81. The van der Waals surface area contributed by atoms with E-state index in [2.05, 4.69) is 85.0 Å². The first kappa shape index (κ1) is 17.2. The molecule has 0 atom stereocenters. The van der Waals surface area contributed by atoms with Gasteiger partial charge in [-0.15, -0.1) is 0 Å². The van der Waals surface area contributed by atoms with Gasteiger partial charge in [0, 0.05) is 19.5 Å². The molecule has 0 heterocycles. The van der Waals surface area contributed by atoms with Crippen molar-refractivity contribution in [3.8, 4) is 5.75 Å². The molecule has 128 valence electrons. The van der Waals surface area contributed by atoms with Crippen LogP contribution in [0.2, 0.25) is 0 Å². The summed E-state index contributed by atoms with van der Waals surface area (Å²) >= 11 is 0. The maximum Gasteiger partial charge on any atom is 0.119 e. The summed E-state index contributed by atoms with van der Waals surface area (Å²) in [7, 11) is 0. The van der Waals surface area contributed by atoms with Crippen molar-refractivity contribution >= 4 is 0 Å². The zero-order valence-electron chi connectivity index (χ0n) is 14.7. The van der Waals surface area contributed by atoms with Gasteiger partial charge in [0.25, 0.3) is 0 Å². The van der Waals surface area contributed by atoms with E-state index in [0.29, 0.717) is 6.61 Å². The molecule has 0 aliphatic carbocycles. The lowest BCUT2D eigenvalue weighted by molar-refractivity contribution is 0.322. The lowest BCUT2D eigenvalue weighted by atomic mass is 10.1. The summed E-state index contributed by atoms with van der Waals surface area (Å²) in [5, 5.41) is 3.49. The summed E-state index contributed by atoms with van der Waals surface area (Å²) < 4.78 is 5.83. The van der Waals surface area contributed by atoms with Crippen LogP contribution in [0.5, 0.6) is 5.75 Å². The van der Waals surface area contributed by atoms with E-state index in [1.165, 1.54) is 22.3 Å². The summed E-state index contributed by atoms with van der Waals surface area (Å²) in [5.74, 6) is 0.929. The van der Waals surface area contributed by atoms with Gasteiger partial charge in [-0.25, -0.2) is 0 Å². The van der Waals surface area contributed by atoms with Crippen LogP contribution >= 0.6 is 0 Å². The molecule has 0 bridgehead atoms. The zero-order chi connectivity index (χ0) is 17.3. The van der Waals surface area contributed by atoms with Gasteiger partial charge >= 0.3 is 0 Å². The summed E-state index contributed by atoms with van der Waals surface area (Å²) in [6.45, 7) is 4.57. The lowest BCUT2D eigenvalue weighted by Gasteiger charge is -2.09. The average molecular weight is 331 g/mol. The largest absolute Gasteiger partial charge is 0.493 e. The molecule has 25 heavy (non-hydrogen) atoms. The molecule has 0 aromatic heterocycles. The number of hydrogen-bond acceptors (Lipinski definition) is 2. The first-order chi connectivity index (χ1) is 12.3. The summed E-state index contributed by atoms with van der Waals surface area (Å²) in [4.78, 5) is 0. The maximum atomic E-state index is 5.83. The van der Waals surface area contributed by atoms with Gasteiger partial charge in [-0.05, 0) is 35.7 Å².